The summed E-state index contributed by atoms with van der Waals surface area (Å²) in [5, 5.41) is 0. The second-order valence-electron chi connectivity index (χ2n) is 2.20. The van der Waals surface area contributed by atoms with Crippen LogP contribution in [0.1, 0.15) is 6.92 Å². The van der Waals surface area contributed by atoms with Gasteiger partial charge in [-0.05, 0) is 0 Å². The Bertz CT molecular complexity index is 184. The molecule has 0 saturated carbocycles. The van der Waals surface area contributed by atoms with Gasteiger partial charge in [-0.2, -0.15) is 22.0 Å². The Morgan fingerprint density at radius 2 is 1.38 bits per heavy atom. The number of epoxide rings is 1. The van der Waals surface area contributed by atoms with E-state index >= 15 is 0 Å². The van der Waals surface area contributed by atoms with E-state index in [2.05, 4.69) is 4.74 Å². The normalized spacial score (nSPS) is 30.1. The SMILES string of the molecule is CC1(F)OC1(F)F.O=CC(F)(F)F. The van der Waals surface area contributed by atoms with E-state index in [1.807, 2.05) is 0 Å². The molecule has 1 aliphatic rings. The summed E-state index contributed by atoms with van der Waals surface area (Å²) < 4.78 is 68.8. The lowest BCUT2D eigenvalue weighted by molar-refractivity contribution is -0.156. The summed E-state index contributed by atoms with van der Waals surface area (Å²) in [5.41, 5.74) is 0. The Balaban J connectivity index is 0.000000226. The van der Waals surface area contributed by atoms with Crippen molar-refractivity contribution in [2.45, 2.75) is 25.1 Å². The molecular formula is C5H4F6O2. The van der Waals surface area contributed by atoms with E-state index in [9.17, 15) is 26.3 Å². The van der Waals surface area contributed by atoms with Crippen molar-refractivity contribution in [2.24, 2.45) is 0 Å². The van der Waals surface area contributed by atoms with Crippen molar-refractivity contribution in [3.05, 3.63) is 0 Å². The van der Waals surface area contributed by atoms with E-state index in [4.69, 9.17) is 4.79 Å². The standard InChI is InChI=1S/C3H3F3O.C2HF3O/c1-2(4)3(5,6)7-2;3-2(4,5)1-6/h1H3;1H. The molecule has 0 bridgehead atoms. The molecule has 1 saturated heterocycles. The lowest BCUT2D eigenvalue weighted by atomic mass is 10.5. The zero-order valence-electron chi connectivity index (χ0n) is 6.16. The molecule has 0 aliphatic carbocycles. The Morgan fingerprint density at radius 1 is 1.23 bits per heavy atom. The molecule has 0 N–H and O–H groups in total. The van der Waals surface area contributed by atoms with Crippen LogP contribution in [0.4, 0.5) is 26.3 Å². The lowest BCUT2D eigenvalue weighted by Crippen LogP contribution is -2.07. The molecule has 0 amide bonds. The number of rotatable bonds is 0. The number of aldehydes is 1. The summed E-state index contributed by atoms with van der Waals surface area (Å²) in [7, 11) is 0. The maximum Gasteiger partial charge on any atom is 0.446 e. The van der Waals surface area contributed by atoms with E-state index in [1.165, 1.54) is 0 Å². The summed E-state index contributed by atoms with van der Waals surface area (Å²) in [5.74, 6) is -2.69. The van der Waals surface area contributed by atoms with Crippen LogP contribution in [0.5, 0.6) is 0 Å². The monoisotopic (exact) mass is 210 g/mol. The average Bonchev–Trinajstić information content (AvgIpc) is 2.28. The summed E-state index contributed by atoms with van der Waals surface area (Å²) in [6.07, 6.45) is -9.22. The highest BCUT2D eigenvalue weighted by atomic mass is 19.4. The Morgan fingerprint density at radius 3 is 1.38 bits per heavy atom. The maximum absolute atomic E-state index is 11.6. The van der Waals surface area contributed by atoms with Crippen molar-refractivity contribution in [2.75, 3.05) is 0 Å². The predicted octanol–water partition coefficient (Wildman–Crippen LogP) is 2.04. The molecule has 1 fully saturated rings. The van der Waals surface area contributed by atoms with Crippen LogP contribution < -0.4 is 0 Å². The highest BCUT2D eigenvalue weighted by Crippen LogP contribution is 2.51. The van der Waals surface area contributed by atoms with Crippen molar-refractivity contribution in [1.29, 1.82) is 0 Å². The highest BCUT2D eigenvalue weighted by Gasteiger charge is 2.73. The van der Waals surface area contributed by atoms with Gasteiger partial charge in [0.1, 0.15) is 0 Å². The van der Waals surface area contributed by atoms with E-state index < -0.39 is 24.4 Å². The van der Waals surface area contributed by atoms with Crippen LogP contribution in [-0.2, 0) is 9.53 Å². The van der Waals surface area contributed by atoms with Gasteiger partial charge >= 0.3 is 18.1 Å². The molecule has 0 aromatic carbocycles. The lowest BCUT2D eigenvalue weighted by Gasteiger charge is -1.87. The first-order valence-corrected chi connectivity index (χ1v) is 2.82. The molecule has 1 atom stereocenters. The van der Waals surface area contributed by atoms with Gasteiger partial charge in [0.05, 0.1) is 0 Å². The molecular weight excluding hydrogens is 206 g/mol. The third-order valence-corrected chi connectivity index (χ3v) is 0.932. The number of hydrogen-bond acceptors (Lipinski definition) is 2. The van der Waals surface area contributed by atoms with Gasteiger partial charge in [-0.15, -0.1) is 0 Å². The van der Waals surface area contributed by atoms with Crippen molar-refractivity contribution in [3.8, 4) is 0 Å². The molecule has 1 rings (SSSR count). The first-order valence-electron chi connectivity index (χ1n) is 2.82. The van der Waals surface area contributed by atoms with Gasteiger partial charge in [0.15, 0.2) is 0 Å². The van der Waals surface area contributed by atoms with Crippen LogP contribution in [0, 0.1) is 0 Å². The molecule has 0 spiro atoms. The molecule has 0 radical (unpaired) electrons. The number of carbonyl (C=O) groups excluding carboxylic acids is 1. The van der Waals surface area contributed by atoms with Crippen LogP contribution in [0.15, 0.2) is 0 Å². The fraction of sp³-hybridized carbons (Fsp3) is 0.800. The number of alkyl halides is 6. The molecule has 1 heterocycles. The molecule has 1 aliphatic heterocycles. The largest absolute Gasteiger partial charge is 0.446 e. The molecule has 13 heavy (non-hydrogen) atoms. The summed E-state index contributed by atoms with van der Waals surface area (Å²) in [4.78, 5) is 8.70. The summed E-state index contributed by atoms with van der Waals surface area (Å²) >= 11 is 0. The first kappa shape index (κ1) is 12.2. The predicted molar refractivity (Wildman–Crippen MR) is 27.7 cm³/mol. The second kappa shape index (κ2) is 3.17. The third kappa shape index (κ3) is 4.11. The Kier molecular flexibility index (Phi) is 2.97. The van der Waals surface area contributed by atoms with E-state index in [1.54, 1.807) is 0 Å². The topological polar surface area (TPSA) is 29.6 Å². The van der Waals surface area contributed by atoms with Crippen molar-refractivity contribution in [1.82, 2.24) is 0 Å². The van der Waals surface area contributed by atoms with Crippen molar-refractivity contribution < 1.29 is 35.9 Å². The smallest absolute Gasteiger partial charge is 0.293 e. The maximum atomic E-state index is 11.6. The number of ether oxygens (including phenoxy) is 1. The van der Waals surface area contributed by atoms with Crippen LogP contribution >= 0.6 is 0 Å². The van der Waals surface area contributed by atoms with Gasteiger partial charge in [-0.25, -0.2) is 4.39 Å². The number of hydrogen-bond donors (Lipinski definition) is 0. The van der Waals surface area contributed by atoms with Gasteiger partial charge < -0.3 is 0 Å². The summed E-state index contributed by atoms with van der Waals surface area (Å²) in [6, 6.07) is 0. The number of halogens is 6. The average molecular weight is 210 g/mol. The molecule has 78 valence electrons. The van der Waals surface area contributed by atoms with Gasteiger partial charge in [0.25, 0.3) is 0 Å². The third-order valence-electron chi connectivity index (χ3n) is 0.932. The van der Waals surface area contributed by atoms with Gasteiger partial charge in [-0.3, -0.25) is 9.53 Å². The van der Waals surface area contributed by atoms with E-state index in [-0.39, 0.29) is 0 Å². The van der Waals surface area contributed by atoms with Crippen LogP contribution in [-0.4, -0.2) is 24.4 Å². The molecule has 8 heteroatoms. The molecule has 1 unspecified atom stereocenters. The zero-order valence-corrected chi connectivity index (χ0v) is 6.16. The fourth-order valence-electron chi connectivity index (χ4n) is 0.215. The Hall–Kier alpha value is -0.790. The molecule has 0 aromatic heterocycles. The molecule has 2 nitrogen and oxygen atoms in total. The second-order valence-corrected chi connectivity index (χ2v) is 2.20. The van der Waals surface area contributed by atoms with Gasteiger partial charge in [0, 0.05) is 6.92 Å². The zero-order chi connectivity index (χ0) is 10.9. The van der Waals surface area contributed by atoms with Crippen LogP contribution in [0.25, 0.3) is 0 Å². The van der Waals surface area contributed by atoms with Crippen molar-refractivity contribution in [3.63, 3.8) is 0 Å². The minimum Gasteiger partial charge on any atom is -0.293 e. The van der Waals surface area contributed by atoms with Crippen LogP contribution in [0.2, 0.25) is 0 Å². The Labute approximate surface area is 68.5 Å². The van der Waals surface area contributed by atoms with Crippen LogP contribution in [0.3, 0.4) is 0 Å². The highest BCUT2D eigenvalue weighted by molar-refractivity contribution is 5.56. The van der Waals surface area contributed by atoms with Crippen molar-refractivity contribution >= 4 is 6.29 Å². The first-order chi connectivity index (χ1) is 5.52. The van der Waals surface area contributed by atoms with Gasteiger partial charge in [0.2, 0.25) is 6.29 Å². The molecule has 0 aromatic rings. The summed E-state index contributed by atoms with van der Waals surface area (Å²) in [6.45, 7) is 0.688. The van der Waals surface area contributed by atoms with Gasteiger partial charge in [-0.1, -0.05) is 0 Å². The quantitative estimate of drug-likeness (QED) is 0.348. The fourth-order valence-corrected chi connectivity index (χ4v) is 0.215. The minimum atomic E-state index is -4.64. The van der Waals surface area contributed by atoms with E-state index in [0.29, 0.717) is 6.92 Å². The minimum absolute atomic E-state index is 0.688. The number of carbonyl (C=O) groups is 1. The van der Waals surface area contributed by atoms with E-state index in [0.717, 1.165) is 0 Å².